The standard InChI is InChI=1S/C29H33N3O10/c1-39-19-6-3-16(4-7-19)25(35)30-20(15-33)26(36)31-27(42-38)28(37)32-12-11-29-10-9-18(34)13-22(29)41-24-21(40-2)8-5-17(14-32)23(24)29/h3-10,18,20,22,27,33-34,38H,11-15H2,1-2H3,(H,30,35)(H,31,36)/t18?,20?,22-,27?,29?/m1/s1. The van der Waals surface area contributed by atoms with Crippen LogP contribution in [-0.4, -0.2) is 89.9 Å². The first kappa shape index (κ1) is 29.3. The summed E-state index contributed by atoms with van der Waals surface area (Å²) in [6, 6.07) is 8.25. The van der Waals surface area contributed by atoms with Gasteiger partial charge in [0.05, 0.1) is 32.3 Å². The normalized spacial score (nSPS) is 23.4. The fraction of sp³-hybridized carbons (Fsp3) is 0.414. The average molecular weight is 584 g/mol. The average Bonchev–Trinajstić information content (AvgIpc) is 3.24. The van der Waals surface area contributed by atoms with Gasteiger partial charge in [0.25, 0.3) is 11.8 Å². The quantitative estimate of drug-likeness (QED) is 0.121. The number of methoxy groups -OCH3 is 2. The maximum absolute atomic E-state index is 13.5. The molecular weight excluding hydrogens is 550 g/mol. The Bertz CT molecular complexity index is 1380. The number of hydrogen-bond donors (Lipinski definition) is 5. The number of aliphatic hydroxyl groups is 2. The van der Waals surface area contributed by atoms with E-state index in [4.69, 9.17) is 14.2 Å². The lowest BCUT2D eigenvalue weighted by molar-refractivity contribution is -0.280. The van der Waals surface area contributed by atoms with Crippen LogP contribution in [0.3, 0.4) is 0 Å². The molecule has 1 aliphatic carbocycles. The lowest BCUT2D eigenvalue weighted by Crippen LogP contribution is -2.56. The predicted molar refractivity (Wildman–Crippen MR) is 146 cm³/mol. The van der Waals surface area contributed by atoms with E-state index in [0.717, 1.165) is 11.1 Å². The van der Waals surface area contributed by atoms with Crippen LogP contribution in [0, 0.1) is 0 Å². The Morgan fingerprint density at radius 2 is 1.88 bits per heavy atom. The number of rotatable bonds is 9. The van der Waals surface area contributed by atoms with Crippen molar-refractivity contribution in [3.63, 3.8) is 0 Å². The Kier molecular flexibility index (Phi) is 8.36. The van der Waals surface area contributed by atoms with E-state index in [-0.39, 0.29) is 24.8 Å². The van der Waals surface area contributed by atoms with E-state index in [1.807, 2.05) is 12.1 Å². The summed E-state index contributed by atoms with van der Waals surface area (Å²) in [6.07, 6.45) is 1.60. The van der Waals surface area contributed by atoms with Crippen molar-refractivity contribution in [1.29, 1.82) is 0 Å². The minimum atomic E-state index is -1.81. The van der Waals surface area contributed by atoms with Gasteiger partial charge in [-0.05, 0) is 42.3 Å². The number of hydrogen-bond acceptors (Lipinski definition) is 10. The van der Waals surface area contributed by atoms with Gasteiger partial charge in [0.15, 0.2) is 11.5 Å². The number of amides is 3. The van der Waals surface area contributed by atoms with Crippen molar-refractivity contribution < 1.29 is 49.0 Å². The Morgan fingerprint density at radius 1 is 1.12 bits per heavy atom. The Hall–Kier alpha value is -4.17. The van der Waals surface area contributed by atoms with E-state index >= 15 is 0 Å². The maximum atomic E-state index is 13.5. The van der Waals surface area contributed by atoms with Crippen molar-refractivity contribution in [3.8, 4) is 17.2 Å². The molecule has 0 radical (unpaired) electrons. The number of aliphatic hydroxyl groups excluding tert-OH is 2. The smallest absolute Gasteiger partial charge is 0.276 e. The van der Waals surface area contributed by atoms with Crippen LogP contribution >= 0.6 is 0 Å². The molecule has 1 spiro atoms. The number of nitrogens with one attached hydrogen (secondary N) is 2. The molecule has 5 rings (SSSR count). The second-order valence-corrected chi connectivity index (χ2v) is 10.4. The van der Waals surface area contributed by atoms with Gasteiger partial charge in [0.1, 0.15) is 17.9 Å². The van der Waals surface area contributed by atoms with Crippen LogP contribution in [0.5, 0.6) is 17.2 Å². The van der Waals surface area contributed by atoms with Gasteiger partial charge >= 0.3 is 0 Å². The molecule has 2 aromatic rings. The van der Waals surface area contributed by atoms with Gasteiger partial charge in [-0.25, -0.2) is 10.1 Å². The zero-order valence-electron chi connectivity index (χ0n) is 23.1. The molecule has 0 saturated carbocycles. The minimum Gasteiger partial charge on any atom is -0.497 e. The highest BCUT2D eigenvalue weighted by Gasteiger charge is 2.53. The summed E-state index contributed by atoms with van der Waals surface area (Å²) >= 11 is 0. The Balaban J connectivity index is 1.32. The van der Waals surface area contributed by atoms with Gasteiger partial charge < -0.3 is 40.0 Å². The maximum Gasteiger partial charge on any atom is 0.276 e. The van der Waals surface area contributed by atoms with Crippen LogP contribution in [0.15, 0.2) is 48.6 Å². The van der Waals surface area contributed by atoms with Gasteiger partial charge in [-0.3, -0.25) is 14.4 Å². The summed E-state index contributed by atoms with van der Waals surface area (Å²) < 4.78 is 16.9. The van der Waals surface area contributed by atoms with Crippen LogP contribution in [0.4, 0.5) is 0 Å². The van der Waals surface area contributed by atoms with Gasteiger partial charge in [0.2, 0.25) is 12.1 Å². The predicted octanol–water partition coefficient (Wildman–Crippen LogP) is 0.479. The monoisotopic (exact) mass is 583 g/mol. The topological polar surface area (TPSA) is 176 Å². The summed E-state index contributed by atoms with van der Waals surface area (Å²) in [5.74, 6) is -0.674. The highest BCUT2D eigenvalue weighted by atomic mass is 17.1. The van der Waals surface area contributed by atoms with Gasteiger partial charge in [0, 0.05) is 30.6 Å². The molecule has 13 nitrogen and oxygen atoms in total. The molecule has 0 saturated heterocycles. The first-order chi connectivity index (χ1) is 20.2. The van der Waals surface area contributed by atoms with Crippen molar-refractivity contribution in [1.82, 2.24) is 15.5 Å². The third-order valence-electron chi connectivity index (χ3n) is 8.03. The molecule has 3 amide bonds. The zero-order valence-corrected chi connectivity index (χ0v) is 23.1. The van der Waals surface area contributed by atoms with Crippen LogP contribution in [0.1, 0.15) is 34.3 Å². The summed E-state index contributed by atoms with van der Waals surface area (Å²) in [7, 11) is 3.02. The first-order valence-electron chi connectivity index (χ1n) is 13.4. The van der Waals surface area contributed by atoms with Crippen molar-refractivity contribution in [2.24, 2.45) is 0 Å². The minimum absolute atomic E-state index is 0.118. The molecule has 4 unspecified atom stereocenters. The zero-order chi connectivity index (χ0) is 30.0. The van der Waals surface area contributed by atoms with Gasteiger partial charge in [-0.15, -0.1) is 0 Å². The fourth-order valence-electron chi connectivity index (χ4n) is 5.83. The molecule has 0 aromatic heterocycles. The van der Waals surface area contributed by atoms with Gasteiger partial charge in [-0.2, -0.15) is 0 Å². The number of benzene rings is 2. The number of carbonyl (C=O) groups excluding carboxylic acids is 3. The van der Waals surface area contributed by atoms with Crippen LogP contribution < -0.4 is 24.8 Å². The van der Waals surface area contributed by atoms with E-state index in [1.54, 1.807) is 31.4 Å². The van der Waals surface area contributed by atoms with Crippen molar-refractivity contribution >= 4 is 17.7 Å². The lowest BCUT2D eigenvalue weighted by Gasteiger charge is -2.36. The summed E-state index contributed by atoms with van der Waals surface area (Å²) in [4.78, 5) is 44.9. The van der Waals surface area contributed by atoms with Crippen molar-refractivity contribution in [2.45, 2.75) is 49.3 Å². The van der Waals surface area contributed by atoms with E-state index in [2.05, 4.69) is 15.5 Å². The molecule has 2 aromatic carbocycles. The third kappa shape index (κ3) is 5.27. The summed E-state index contributed by atoms with van der Waals surface area (Å²) in [5, 5.41) is 34.3. The third-order valence-corrected chi connectivity index (χ3v) is 8.03. The van der Waals surface area contributed by atoms with Crippen LogP contribution in [-0.2, 0) is 26.4 Å². The highest BCUT2D eigenvalue weighted by molar-refractivity contribution is 5.98. The molecular formula is C29H33N3O10. The number of nitrogens with zero attached hydrogens (tertiary/aromatic N) is 1. The molecule has 5 N–H and O–H groups in total. The largest absolute Gasteiger partial charge is 0.497 e. The molecule has 0 fully saturated rings. The summed E-state index contributed by atoms with van der Waals surface area (Å²) in [5.41, 5.74) is 1.26. The number of ether oxygens (including phenoxy) is 3. The van der Waals surface area contributed by atoms with Gasteiger partial charge in [-0.1, -0.05) is 18.2 Å². The molecule has 5 atom stereocenters. The molecule has 2 heterocycles. The van der Waals surface area contributed by atoms with E-state index in [1.165, 1.54) is 24.1 Å². The fourth-order valence-corrected chi connectivity index (χ4v) is 5.83. The van der Waals surface area contributed by atoms with Crippen molar-refractivity contribution in [2.75, 3.05) is 27.4 Å². The van der Waals surface area contributed by atoms with Crippen LogP contribution in [0.2, 0.25) is 0 Å². The van der Waals surface area contributed by atoms with E-state index in [9.17, 15) is 29.9 Å². The molecule has 224 valence electrons. The van der Waals surface area contributed by atoms with E-state index in [0.29, 0.717) is 30.1 Å². The molecule has 3 aliphatic rings. The Morgan fingerprint density at radius 3 is 2.55 bits per heavy atom. The van der Waals surface area contributed by atoms with Crippen LogP contribution in [0.25, 0.3) is 0 Å². The Labute approximate surface area is 241 Å². The highest BCUT2D eigenvalue weighted by Crippen LogP contribution is 2.55. The first-order valence-corrected chi connectivity index (χ1v) is 13.4. The SMILES string of the molecule is COc1ccc(C(=O)NC(CO)C(=O)NC(OO)C(=O)N2CCC34C=CC(O)C[C@H]3Oc3c(OC)ccc(c34)C2)cc1. The van der Waals surface area contributed by atoms with Crippen molar-refractivity contribution in [3.05, 3.63) is 65.2 Å². The summed E-state index contributed by atoms with van der Waals surface area (Å²) in [6.45, 7) is -0.445. The molecule has 13 heteroatoms. The second kappa shape index (κ2) is 12.0. The molecule has 0 bridgehead atoms. The lowest BCUT2D eigenvalue weighted by atomic mass is 9.69. The molecule has 42 heavy (non-hydrogen) atoms. The van der Waals surface area contributed by atoms with E-state index < -0.39 is 48.1 Å². The number of carbonyl (C=O) groups is 3. The molecule has 2 aliphatic heterocycles. The second-order valence-electron chi connectivity index (χ2n) is 10.4.